The van der Waals surface area contributed by atoms with E-state index in [-0.39, 0.29) is 0 Å². The van der Waals surface area contributed by atoms with E-state index in [1.165, 1.54) is 6.42 Å². The summed E-state index contributed by atoms with van der Waals surface area (Å²) >= 11 is 6.31. The normalized spacial score (nSPS) is 20.4. The highest BCUT2D eigenvalue weighted by Crippen LogP contribution is 2.41. The molecule has 0 aliphatic heterocycles. The van der Waals surface area contributed by atoms with Crippen LogP contribution in [0.15, 0.2) is 67.1 Å². The van der Waals surface area contributed by atoms with Crippen molar-refractivity contribution < 1.29 is 0 Å². The first-order valence-corrected chi connectivity index (χ1v) is 11.7. The van der Waals surface area contributed by atoms with E-state index in [9.17, 15) is 0 Å². The highest BCUT2D eigenvalue weighted by atomic mass is 35.5. The van der Waals surface area contributed by atoms with Gasteiger partial charge in [-0.3, -0.25) is 0 Å². The van der Waals surface area contributed by atoms with Crippen LogP contribution in [-0.4, -0.2) is 20.6 Å². The van der Waals surface area contributed by atoms with Gasteiger partial charge in [-0.15, -0.1) is 0 Å². The molecule has 2 heterocycles. The predicted molar refractivity (Wildman–Crippen MR) is 134 cm³/mol. The molecule has 0 saturated heterocycles. The highest BCUT2D eigenvalue weighted by molar-refractivity contribution is 6.30. The number of aromatic nitrogens is 3. The van der Waals surface area contributed by atoms with Crippen molar-refractivity contribution in [2.75, 3.05) is 5.32 Å². The number of rotatable bonds is 4. The second-order valence-electron chi connectivity index (χ2n) is 9.93. The van der Waals surface area contributed by atoms with Crippen molar-refractivity contribution in [1.82, 2.24) is 14.5 Å². The van der Waals surface area contributed by atoms with Crippen molar-refractivity contribution in [3.05, 3.63) is 72.1 Å². The third-order valence-electron chi connectivity index (χ3n) is 6.48. The lowest BCUT2D eigenvalue weighted by molar-refractivity contribution is 0.178. The van der Waals surface area contributed by atoms with Crippen LogP contribution in [0.4, 0.5) is 5.82 Å². The van der Waals surface area contributed by atoms with Crippen LogP contribution in [0.5, 0.6) is 0 Å². The topological polar surface area (TPSA) is 42.7 Å². The Balaban J connectivity index is 1.66. The number of nitrogens with zero attached hydrogens (tertiary/aromatic N) is 3. The minimum atomic E-state index is 0.330. The van der Waals surface area contributed by atoms with Crippen molar-refractivity contribution in [2.45, 2.75) is 46.1 Å². The molecule has 2 aromatic heterocycles. The number of nitrogens with one attached hydrogen (secondary N) is 1. The van der Waals surface area contributed by atoms with Crippen LogP contribution in [0.2, 0.25) is 5.02 Å². The van der Waals surface area contributed by atoms with Gasteiger partial charge in [0.25, 0.3) is 0 Å². The zero-order valence-electron chi connectivity index (χ0n) is 18.8. The Hall–Kier alpha value is -2.85. The minimum absolute atomic E-state index is 0.330. The van der Waals surface area contributed by atoms with Gasteiger partial charge >= 0.3 is 0 Å². The zero-order valence-corrected chi connectivity index (χ0v) is 19.6. The molecule has 0 unspecified atom stereocenters. The molecule has 0 radical (unpaired) electrons. The molecule has 1 saturated carbocycles. The Morgan fingerprint density at radius 3 is 2.59 bits per heavy atom. The smallest absolute Gasteiger partial charge is 0.150 e. The largest absolute Gasteiger partial charge is 0.367 e. The van der Waals surface area contributed by atoms with E-state index in [0.717, 1.165) is 46.5 Å². The second-order valence-corrected chi connectivity index (χ2v) is 10.4. The molecule has 4 nitrogen and oxygen atoms in total. The van der Waals surface area contributed by atoms with E-state index >= 15 is 0 Å². The van der Waals surface area contributed by atoms with E-state index in [4.69, 9.17) is 21.6 Å². The summed E-state index contributed by atoms with van der Waals surface area (Å²) in [6, 6.07) is 18.7. The summed E-state index contributed by atoms with van der Waals surface area (Å²) in [5.74, 6) is 1.60. The molecule has 4 aromatic rings. The van der Waals surface area contributed by atoms with Crippen molar-refractivity contribution in [1.29, 1.82) is 0 Å². The average molecular weight is 445 g/mol. The van der Waals surface area contributed by atoms with Gasteiger partial charge in [-0.25, -0.2) is 9.97 Å². The van der Waals surface area contributed by atoms with Gasteiger partial charge in [0.15, 0.2) is 5.65 Å². The van der Waals surface area contributed by atoms with Crippen LogP contribution in [0.3, 0.4) is 0 Å². The molecule has 1 aliphatic rings. The Kier molecular flexibility index (Phi) is 5.42. The van der Waals surface area contributed by atoms with Crippen LogP contribution in [0, 0.1) is 11.3 Å². The molecule has 5 heteroatoms. The van der Waals surface area contributed by atoms with Gasteiger partial charge in [0.05, 0.1) is 5.39 Å². The fraction of sp³-hybridized carbons (Fsp3) is 0.333. The monoisotopic (exact) mass is 444 g/mol. The molecule has 1 fully saturated rings. The zero-order chi connectivity index (χ0) is 22.3. The maximum absolute atomic E-state index is 6.31. The molecule has 164 valence electrons. The molecule has 0 bridgehead atoms. The quantitative estimate of drug-likeness (QED) is 0.357. The highest BCUT2D eigenvalue weighted by Gasteiger charge is 2.32. The average Bonchev–Trinajstić information content (AvgIpc) is 3.14. The van der Waals surface area contributed by atoms with Gasteiger partial charge in [-0.05, 0) is 54.4 Å². The maximum atomic E-state index is 6.31. The summed E-state index contributed by atoms with van der Waals surface area (Å²) in [6.45, 7) is 7.10. The second kappa shape index (κ2) is 8.25. The molecule has 2 atom stereocenters. The summed E-state index contributed by atoms with van der Waals surface area (Å²) in [7, 11) is 0. The van der Waals surface area contributed by atoms with Gasteiger partial charge in [0.2, 0.25) is 0 Å². The van der Waals surface area contributed by atoms with Crippen molar-refractivity contribution in [3.63, 3.8) is 0 Å². The molecule has 1 aliphatic carbocycles. The SMILES string of the molecule is C[C@@H]1C[C@H](Nc2ncnc3c2c(-c2ccccc2)cn3-c2cccc(Cl)c2)CC(C)(C)C1. The Labute approximate surface area is 194 Å². The molecule has 0 amide bonds. The first kappa shape index (κ1) is 21.0. The van der Waals surface area contributed by atoms with E-state index in [1.54, 1.807) is 6.33 Å². The van der Waals surface area contributed by atoms with Crippen LogP contribution in [-0.2, 0) is 0 Å². The van der Waals surface area contributed by atoms with Gasteiger partial charge < -0.3 is 9.88 Å². The fourth-order valence-corrected chi connectivity index (χ4v) is 5.66. The van der Waals surface area contributed by atoms with Gasteiger partial charge in [0.1, 0.15) is 12.1 Å². The molecule has 32 heavy (non-hydrogen) atoms. The summed E-state index contributed by atoms with van der Waals surface area (Å²) in [5.41, 5.74) is 4.46. The lowest BCUT2D eigenvalue weighted by atomic mass is 9.70. The van der Waals surface area contributed by atoms with Crippen LogP contribution in [0.1, 0.15) is 40.0 Å². The number of hydrogen-bond donors (Lipinski definition) is 1. The molecule has 5 rings (SSSR count). The third kappa shape index (κ3) is 4.12. The van der Waals surface area contributed by atoms with Gasteiger partial charge in [-0.1, -0.05) is 68.8 Å². The van der Waals surface area contributed by atoms with Crippen molar-refractivity contribution >= 4 is 28.5 Å². The summed E-state index contributed by atoms with van der Waals surface area (Å²) in [4.78, 5) is 9.42. The Bertz CT molecular complexity index is 1250. The van der Waals surface area contributed by atoms with Crippen LogP contribution in [0.25, 0.3) is 27.8 Å². The predicted octanol–water partition coefficient (Wildman–Crippen LogP) is 7.37. The first-order chi connectivity index (χ1) is 15.4. The summed E-state index contributed by atoms with van der Waals surface area (Å²) < 4.78 is 2.11. The molecule has 2 aromatic carbocycles. The maximum Gasteiger partial charge on any atom is 0.150 e. The van der Waals surface area contributed by atoms with E-state index in [0.29, 0.717) is 22.4 Å². The molecule has 0 spiro atoms. The number of halogens is 1. The number of hydrogen-bond acceptors (Lipinski definition) is 3. The van der Waals surface area contributed by atoms with E-state index in [1.807, 2.05) is 24.3 Å². The minimum Gasteiger partial charge on any atom is -0.367 e. The van der Waals surface area contributed by atoms with E-state index < -0.39 is 0 Å². The standard InChI is InChI=1S/C27H29ClN4/c1-18-12-21(15-27(2,3)14-18)31-25-24-23(19-8-5-4-6-9-19)16-32(26(24)30-17-29-25)22-11-7-10-20(28)13-22/h4-11,13,16-18,21H,12,14-15H2,1-3H3,(H,29,30,31)/t18-,21+/m1/s1. The Morgan fingerprint density at radius 1 is 1.03 bits per heavy atom. The fourth-order valence-electron chi connectivity index (χ4n) is 5.48. The van der Waals surface area contributed by atoms with Crippen molar-refractivity contribution in [2.24, 2.45) is 11.3 Å². The number of fused-ring (bicyclic) bond motifs is 1. The van der Waals surface area contributed by atoms with E-state index in [2.05, 4.69) is 67.2 Å². The summed E-state index contributed by atoms with van der Waals surface area (Å²) in [6.07, 6.45) is 7.38. The first-order valence-electron chi connectivity index (χ1n) is 11.3. The van der Waals surface area contributed by atoms with Crippen molar-refractivity contribution in [3.8, 4) is 16.8 Å². The van der Waals surface area contributed by atoms with Crippen LogP contribution < -0.4 is 5.32 Å². The lowest BCUT2D eigenvalue weighted by Crippen LogP contribution is -2.35. The third-order valence-corrected chi connectivity index (χ3v) is 6.72. The van der Waals surface area contributed by atoms with Gasteiger partial charge in [-0.2, -0.15) is 0 Å². The number of anilines is 1. The molecular weight excluding hydrogens is 416 g/mol. The molecule has 1 N–H and O–H groups in total. The summed E-state index contributed by atoms with van der Waals surface area (Å²) in [5, 5.41) is 5.56. The number of benzene rings is 2. The molecular formula is C27H29ClN4. The van der Waals surface area contributed by atoms with Crippen LogP contribution >= 0.6 is 11.6 Å². The van der Waals surface area contributed by atoms with Gasteiger partial charge in [0, 0.05) is 28.5 Å². The Morgan fingerprint density at radius 2 is 1.84 bits per heavy atom. The lowest BCUT2D eigenvalue weighted by Gasteiger charge is -2.39.